The lowest BCUT2D eigenvalue weighted by Gasteiger charge is -2.03. The monoisotopic (exact) mass is 247 g/mol. The summed E-state index contributed by atoms with van der Waals surface area (Å²) in [5.74, 6) is 0. The van der Waals surface area contributed by atoms with Crippen LogP contribution in [0.5, 0.6) is 0 Å². The Morgan fingerprint density at radius 1 is 1.18 bits per heavy atom. The average molecular weight is 247 g/mol. The quantitative estimate of drug-likeness (QED) is 0.881. The van der Waals surface area contributed by atoms with Crippen LogP contribution in [-0.4, -0.2) is 16.7 Å². The van der Waals surface area contributed by atoms with E-state index in [2.05, 4.69) is 36.2 Å². The second-order valence-corrected chi connectivity index (χ2v) is 5.08. The largest absolute Gasteiger partial charge is 0.396 e. The minimum absolute atomic E-state index is 0.182. The molecule has 17 heavy (non-hydrogen) atoms. The number of hydrogen-bond donors (Lipinski definition) is 1. The lowest BCUT2D eigenvalue weighted by atomic mass is 10.0. The van der Waals surface area contributed by atoms with Crippen molar-refractivity contribution in [2.24, 2.45) is 0 Å². The Morgan fingerprint density at radius 2 is 2.00 bits per heavy atom. The van der Waals surface area contributed by atoms with Crippen molar-refractivity contribution in [2.45, 2.75) is 26.2 Å². The number of aliphatic hydroxyl groups excluding tert-OH is 1. The van der Waals surface area contributed by atoms with Crippen LogP contribution in [0.4, 0.5) is 0 Å². The second kappa shape index (κ2) is 5.94. The molecule has 1 heterocycles. The first-order valence-corrected chi connectivity index (χ1v) is 6.76. The molecule has 0 saturated heterocycles. The van der Waals surface area contributed by atoms with Crippen LogP contribution in [0.1, 0.15) is 21.8 Å². The van der Waals surface area contributed by atoms with E-state index in [9.17, 15) is 0 Å². The number of thiazole rings is 1. The zero-order chi connectivity index (χ0) is 12.1. The van der Waals surface area contributed by atoms with E-state index in [0.717, 1.165) is 23.5 Å². The van der Waals surface area contributed by atoms with Crippen molar-refractivity contribution in [2.75, 3.05) is 6.61 Å². The third-order valence-corrected chi connectivity index (χ3v) is 3.79. The Morgan fingerprint density at radius 3 is 2.76 bits per heavy atom. The van der Waals surface area contributed by atoms with Crippen molar-refractivity contribution in [1.82, 2.24) is 4.98 Å². The molecule has 0 aliphatic carbocycles. The number of aryl methyl sites for hydroxylation is 3. The van der Waals surface area contributed by atoms with Crippen LogP contribution in [0.3, 0.4) is 0 Å². The Balaban J connectivity index is 1.95. The standard InChI is InChI=1S/C14H17NOS/c1-11-4-2-3-5-12(11)6-7-14-15-13(8-9-16)10-17-14/h2-5,10,16H,6-9H2,1H3. The van der Waals surface area contributed by atoms with E-state index in [1.807, 2.05) is 5.38 Å². The topological polar surface area (TPSA) is 33.1 Å². The third kappa shape index (κ3) is 3.38. The Labute approximate surface area is 106 Å². The summed E-state index contributed by atoms with van der Waals surface area (Å²) in [5.41, 5.74) is 3.75. The van der Waals surface area contributed by atoms with Gasteiger partial charge in [-0.05, 0) is 24.5 Å². The van der Waals surface area contributed by atoms with E-state index in [1.165, 1.54) is 11.1 Å². The van der Waals surface area contributed by atoms with Gasteiger partial charge in [0.2, 0.25) is 0 Å². The predicted octanol–water partition coefficient (Wildman–Crippen LogP) is 2.77. The molecule has 1 aromatic carbocycles. The van der Waals surface area contributed by atoms with Crippen molar-refractivity contribution in [3.05, 3.63) is 51.5 Å². The molecule has 0 aliphatic rings. The summed E-state index contributed by atoms with van der Waals surface area (Å²) in [6.07, 6.45) is 2.70. The molecule has 2 aromatic rings. The molecule has 0 aliphatic heterocycles. The maximum absolute atomic E-state index is 8.84. The van der Waals surface area contributed by atoms with Gasteiger partial charge in [-0.25, -0.2) is 4.98 Å². The number of nitrogens with zero attached hydrogens (tertiary/aromatic N) is 1. The van der Waals surface area contributed by atoms with Gasteiger partial charge in [0.05, 0.1) is 10.7 Å². The van der Waals surface area contributed by atoms with E-state index in [4.69, 9.17) is 5.11 Å². The summed E-state index contributed by atoms with van der Waals surface area (Å²) < 4.78 is 0. The first-order valence-electron chi connectivity index (χ1n) is 5.88. The third-order valence-electron chi connectivity index (χ3n) is 2.84. The van der Waals surface area contributed by atoms with Gasteiger partial charge in [0.15, 0.2) is 0 Å². The predicted molar refractivity (Wildman–Crippen MR) is 71.5 cm³/mol. The normalized spacial score (nSPS) is 10.7. The van der Waals surface area contributed by atoms with Gasteiger partial charge in [0.25, 0.3) is 0 Å². The first-order chi connectivity index (χ1) is 8.29. The van der Waals surface area contributed by atoms with Gasteiger partial charge in [-0.1, -0.05) is 24.3 Å². The van der Waals surface area contributed by atoms with Gasteiger partial charge in [0.1, 0.15) is 0 Å². The molecule has 0 radical (unpaired) electrons. The minimum Gasteiger partial charge on any atom is -0.396 e. The number of rotatable bonds is 5. The van der Waals surface area contributed by atoms with E-state index in [1.54, 1.807) is 11.3 Å². The molecule has 1 aromatic heterocycles. The second-order valence-electron chi connectivity index (χ2n) is 4.13. The molecule has 0 unspecified atom stereocenters. The summed E-state index contributed by atoms with van der Waals surface area (Å²) in [6, 6.07) is 8.48. The highest BCUT2D eigenvalue weighted by Crippen LogP contribution is 2.15. The van der Waals surface area contributed by atoms with Crippen LogP contribution in [0, 0.1) is 6.92 Å². The Bertz CT molecular complexity index is 479. The molecule has 0 fully saturated rings. The molecule has 2 rings (SSSR count). The lowest BCUT2D eigenvalue weighted by molar-refractivity contribution is 0.298. The zero-order valence-corrected chi connectivity index (χ0v) is 10.8. The van der Waals surface area contributed by atoms with Gasteiger partial charge in [-0.15, -0.1) is 11.3 Å². The molecule has 0 spiro atoms. The fourth-order valence-electron chi connectivity index (χ4n) is 1.83. The van der Waals surface area contributed by atoms with Crippen LogP contribution in [0.2, 0.25) is 0 Å². The first kappa shape index (κ1) is 12.3. The molecule has 3 heteroatoms. The summed E-state index contributed by atoms with van der Waals surface area (Å²) in [4.78, 5) is 4.50. The summed E-state index contributed by atoms with van der Waals surface area (Å²) in [5, 5.41) is 12.0. The molecule has 90 valence electrons. The SMILES string of the molecule is Cc1ccccc1CCc1nc(CCO)cs1. The summed E-state index contributed by atoms with van der Waals surface area (Å²) in [7, 11) is 0. The molecule has 0 atom stereocenters. The maximum atomic E-state index is 8.84. The highest BCUT2D eigenvalue weighted by Gasteiger charge is 2.03. The highest BCUT2D eigenvalue weighted by molar-refractivity contribution is 7.09. The zero-order valence-electron chi connectivity index (χ0n) is 10.0. The van der Waals surface area contributed by atoms with Gasteiger partial charge in [0, 0.05) is 24.8 Å². The number of hydrogen-bond acceptors (Lipinski definition) is 3. The lowest BCUT2D eigenvalue weighted by Crippen LogP contribution is -1.95. The van der Waals surface area contributed by atoms with Crippen LogP contribution < -0.4 is 0 Å². The molecule has 1 N–H and O–H groups in total. The molecule has 0 bridgehead atoms. The van der Waals surface area contributed by atoms with Crippen LogP contribution in [0.25, 0.3) is 0 Å². The van der Waals surface area contributed by atoms with Crippen molar-refractivity contribution in [3.63, 3.8) is 0 Å². The number of aromatic nitrogens is 1. The van der Waals surface area contributed by atoms with Crippen LogP contribution in [0.15, 0.2) is 29.6 Å². The molecule has 2 nitrogen and oxygen atoms in total. The van der Waals surface area contributed by atoms with Gasteiger partial charge in [-0.3, -0.25) is 0 Å². The molecular weight excluding hydrogens is 230 g/mol. The number of benzene rings is 1. The van der Waals surface area contributed by atoms with Gasteiger partial charge >= 0.3 is 0 Å². The van der Waals surface area contributed by atoms with E-state index < -0.39 is 0 Å². The van der Waals surface area contributed by atoms with Crippen molar-refractivity contribution in [1.29, 1.82) is 0 Å². The molecule has 0 amide bonds. The van der Waals surface area contributed by atoms with Gasteiger partial charge < -0.3 is 5.11 Å². The van der Waals surface area contributed by atoms with E-state index in [0.29, 0.717) is 6.42 Å². The highest BCUT2D eigenvalue weighted by atomic mass is 32.1. The fourth-order valence-corrected chi connectivity index (χ4v) is 2.66. The minimum atomic E-state index is 0.182. The van der Waals surface area contributed by atoms with Crippen LogP contribution >= 0.6 is 11.3 Å². The van der Waals surface area contributed by atoms with Crippen molar-refractivity contribution >= 4 is 11.3 Å². The number of aliphatic hydroxyl groups is 1. The fraction of sp³-hybridized carbons (Fsp3) is 0.357. The van der Waals surface area contributed by atoms with Crippen LogP contribution in [-0.2, 0) is 19.3 Å². The molecule has 0 saturated carbocycles. The smallest absolute Gasteiger partial charge is 0.0931 e. The Kier molecular flexibility index (Phi) is 4.29. The molecular formula is C14H17NOS. The van der Waals surface area contributed by atoms with E-state index in [-0.39, 0.29) is 6.61 Å². The summed E-state index contributed by atoms with van der Waals surface area (Å²) in [6.45, 7) is 2.33. The van der Waals surface area contributed by atoms with Gasteiger partial charge in [-0.2, -0.15) is 0 Å². The Hall–Kier alpha value is -1.19. The average Bonchev–Trinajstić information content (AvgIpc) is 2.76. The van der Waals surface area contributed by atoms with E-state index >= 15 is 0 Å². The summed E-state index contributed by atoms with van der Waals surface area (Å²) >= 11 is 1.69. The van der Waals surface area contributed by atoms with Crippen molar-refractivity contribution < 1.29 is 5.11 Å². The maximum Gasteiger partial charge on any atom is 0.0931 e. The van der Waals surface area contributed by atoms with Crippen molar-refractivity contribution in [3.8, 4) is 0 Å².